The van der Waals surface area contributed by atoms with Crippen molar-refractivity contribution >= 4 is 17.6 Å². The molecule has 1 aromatic rings. The molecule has 0 N–H and O–H groups in total. The highest BCUT2D eigenvalue weighted by Gasteiger charge is 2.35. The van der Waals surface area contributed by atoms with Gasteiger partial charge in [-0.25, -0.2) is 9.97 Å². The molecule has 0 radical (unpaired) electrons. The van der Waals surface area contributed by atoms with Crippen LogP contribution in [0.5, 0.6) is 0 Å². The number of likely N-dealkylation sites (tertiary alicyclic amines) is 1. The van der Waals surface area contributed by atoms with Crippen molar-refractivity contribution in [1.82, 2.24) is 14.9 Å². The molecule has 22 heavy (non-hydrogen) atoms. The van der Waals surface area contributed by atoms with Gasteiger partial charge in [-0.3, -0.25) is 14.5 Å². The third-order valence-corrected chi connectivity index (χ3v) is 4.56. The fourth-order valence-electron chi connectivity index (χ4n) is 3.25. The molecule has 1 atom stereocenters. The second-order valence-corrected chi connectivity index (χ2v) is 6.44. The molecule has 2 amide bonds. The van der Waals surface area contributed by atoms with E-state index in [4.69, 9.17) is 0 Å². The fraction of sp³-hybridized carbons (Fsp3) is 0.625. The van der Waals surface area contributed by atoms with Crippen LogP contribution in [0.3, 0.4) is 0 Å². The quantitative estimate of drug-likeness (QED) is 0.832. The van der Waals surface area contributed by atoms with Gasteiger partial charge in [-0.1, -0.05) is 13.8 Å². The first-order valence-electron chi connectivity index (χ1n) is 7.84. The molecule has 1 aromatic heterocycles. The van der Waals surface area contributed by atoms with Gasteiger partial charge in [0.1, 0.15) is 5.82 Å². The van der Waals surface area contributed by atoms with E-state index in [-0.39, 0.29) is 23.8 Å². The summed E-state index contributed by atoms with van der Waals surface area (Å²) < 4.78 is 0. The maximum Gasteiger partial charge on any atom is 0.232 e. The maximum atomic E-state index is 12.4. The van der Waals surface area contributed by atoms with Crippen molar-refractivity contribution in [3.63, 3.8) is 0 Å². The summed E-state index contributed by atoms with van der Waals surface area (Å²) in [6.07, 6.45) is 2.23. The van der Waals surface area contributed by atoms with Crippen LogP contribution in [-0.4, -0.2) is 40.3 Å². The van der Waals surface area contributed by atoms with Crippen LogP contribution < -0.4 is 4.90 Å². The molecule has 0 spiro atoms. The molecule has 6 heteroatoms. The van der Waals surface area contributed by atoms with E-state index in [1.807, 2.05) is 25.7 Å². The Morgan fingerprint density at radius 2 is 2.05 bits per heavy atom. The number of rotatable bonds is 2. The molecule has 0 aromatic carbocycles. The lowest BCUT2D eigenvalue weighted by molar-refractivity contribution is -0.135. The first kappa shape index (κ1) is 14.9. The van der Waals surface area contributed by atoms with Crippen molar-refractivity contribution in [2.24, 2.45) is 5.92 Å². The Balaban J connectivity index is 1.98. The molecule has 0 saturated carbocycles. The molecular weight excluding hydrogens is 280 g/mol. The number of hydrogen-bond donors (Lipinski definition) is 0. The molecule has 0 unspecified atom stereocenters. The summed E-state index contributed by atoms with van der Waals surface area (Å²) in [5.41, 5.74) is 1.76. The lowest BCUT2D eigenvalue weighted by atomic mass is 10.1. The van der Waals surface area contributed by atoms with Gasteiger partial charge in [-0.2, -0.15) is 0 Å². The SMILES string of the molecule is Cc1nc([C@H]2CCCN2C(=O)C(C)C)nc2c1CC(=O)N2C. The van der Waals surface area contributed by atoms with Gasteiger partial charge in [0.2, 0.25) is 11.8 Å². The number of amides is 2. The van der Waals surface area contributed by atoms with E-state index >= 15 is 0 Å². The number of likely N-dealkylation sites (N-methyl/N-ethyl adjacent to an activating group) is 1. The predicted molar refractivity (Wildman–Crippen MR) is 82.4 cm³/mol. The fourth-order valence-corrected chi connectivity index (χ4v) is 3.25. The van der Waals surface area contributed by atoms with Crippen LogP contribution in [-0.2, 0) is 16.0 Å². The molecule has 1 fully saturated rings. The van der Waals surface area contributed by atoms with Gasteiger partial charge in [0.25, 0.3) is 0 Å². The van der Waals surface area contributed by atoms with Gasteiger partial charge >= 0.3 is 0 Å². The van der Waals surface area contributed by atoms with Gasteiger partial charge in [-0.05, 0) is 19.8 Å². The van der Waals surface area contributed by atoms with Crippen LogP contribution in [0.15, 0.2) is 0 Å². The Morgan fingerprint density at radius 1 is 1.32 bits per heavy atom. The smallest absolute Gasteiger partial charge is 0.232 e. The highest BCUT2D eigenvalue weighted by atomic mass is 16.2. The number of anilines is 1. The molecule has 118 valence electrons. The van der Waals surface area contributed by atoms with Gasteiger partial charge in [0, 0.05) is 30.8 Å². The minimum atomic E-state index is -0.0667. The molecule has 0 bridgehead atoms. The van der Waals surface area contributed by atoms with E-state index in [1.54, 1.807) is 11.9 Å². The lowest BCUT2D eigenvalue weighted by Gasteiger charge is -2.26. The van der Waals surface area contributed by atoms with Crippen LogP contribution in [0.2, 0.25) is 0 Å². The zero-order valence-corrected chi connectivity index (χ0v) is 13.6. The Kier molecular flexibility index (Phi) is 3.62. The first-order valence-corrected chi connectivity index (χ1v) is 7.84. The number of aryl methyl sites for hydroxylation is 1. The predicted octanol–water partition coefficient (Wildman–Crippen LogP) is 1.62. The van der Waals surface area contributed by atoms with Crippen LogP contribution >= 0.6 is 0 Å². The molecule has 0 aliphatic carbocycles. The maximum absolute atomic E-state index is 12.4. The van der Waals surface area contributed by atoms with E-state index in [1.165, 1.54) is 0 Å². The zero-order chi connectivity index (χ0) is 16.0. The summed E-state index contributed by atoms with van der Waals surface area (Å²) in [4.78, 5) is 37.0. The van der Waals surface area contributed by atoms with Crippen molar-refractivity contribution in [2.45, 2.75) is 46.1 Å². The Hall–Kier alpha value is -1.98. The number of nitrogens with zero attached hydrogens (tertiary/aromatic N) is 4. The highest BCUT2D eigenvalue weighted by molar-refractivity contribution is 6.00. The summed E-state index contributed by atoms with van der Waals surface area (Å²) >= 11 is 0. The monoisotopic (exact) mass is 302 g/mol. The summed E-state index contributed by atoms with van der Waals surface area (Å²) in [5, 5.41) is 0. The van der Waals surface area contributed by atoms with Crippen molar-refractivity contribution in [3.8, 4) is 0 Å². The Morgan fingerprint density at radius 3 is 2.73 bits per heavy atom. The molecule has 2 aliphatic heterocycles. The number of aromatic nitrogens is 2. The van der Waals surface area contributed by atoms with E-state index in [2.05, 4.69) is 9.97 Å². The molecule has 3 heterocycles. The average molecular weight is 302 g/mol. The molecule has 6 nitrogen and oxygen atoms in total. The second kappa shape index (κ2) is 5.34. The number of hydrogen-bond acceptors (Lipinski definition) is 4. The standard InChI is InChI=1S/C16H22N4O2/c1-9(2)16(22)20-7-5-6-12(20)14-17-10(3)11-8-13(21)19(4)15(11)18-14/h9,12H,5-8H2,1-4H3/t12-/m1/s1. The number of carbonyl (C=O) groups is 2. The zero-order valence-electron chi connectivity index (χ0n) is 13.6. The highest BCUT2D eigenvalue weighted by Crippen LogP contribution is 2.35. The lowest BCUT2D eigenvalue weighted by Crippen LogP contribution is -2.34. The van der Waals surface area contributed by atoms with Crippen LogP contribution in [0.25, 0.3) is 0 Å². The molecule has 3 rings (SSSR count). The molecule has 2 aliphatic rings. The topological polar surface area (TPSA) is 66.4 Å². The van der Waals surface area contributed by atoms with Gasteiger partial charge in [0.15, 0.2) is 5.82 Å². The van der Waals surface area contributed by atoms with Crippen molar-refractivity contribution in [2.75, 3.05) is 18.5 Å². The summed E-state index contributed by atoms with van der Waals surface area (Å²) in [6, 6.07) is -0.0667. The third-order valence-electron chi connectivity index (χ3n) is 4.56. The van der Waals surface area contributed by atoms with Crippen LogP contribution in [0.1, 0.15) is 49.8 Å². The average Bonchev–Trinajstić information content (AvgIpc) is 3.05. The third kappa shape index (κ3) is 2.26. The normalized spacial score (nSPS) is 21.0. The first-order chi connectivity index (χ1) is 10.4. The van der Waals surface area contributed by atoms with Gasteiger partial charge in [-0.15, -0.1) is 0 Å². The van der Waals surface area contributed by atoms with Crippen LogP contribution in [0.4, 0.5) is 5.82 Å². The largest absolute Gasteiger partial charge is 0.332 e. The second-order valence-electron chi connectivity index (χ2n) is 6.44. The Bertz CT molecular complexity index is 641. The van der Waals surface area contributed by atoms with Gasteiger partial charge in [0.05, 0.1) is 12.5 Å². The summed E-state index contributed by atoms with van der Waals surface area (Å²) in [5.74, 6) is 1.54. The minimum Gasteiger partial charge on any atom is -0.332 e. The van der Waals surface area contributed by atoms with Crippen molar-refractivity contribution < 1.29 is 9.59 Å². The summed E-state index contributed by atoms with van der Waals surface area (Å²) in [7, 11) is 1.75. The van der Waals surface area contributed by atoms with E-state index in [0.717, 1.165) is 30.6 Å². The number of fused-ring (bicyclic) bond motifs is 1. The number of carbonyl (C=O) groups excluding carboxylic acids is 2. The van der Waals surface area contributed by atoms with Crippen molar-refractivity contribution in [3.05, 3.63) is 17.1 Å². The van der Waals surface area contributed by atoms with Crippen LogP contribution in [0, 0.1) is 12.8 Å². The molecule has 1 saturated heterocycles. The summed E-state index contributed by atoms with van der Waals surface area (Å²) in [6.45, 7) is 6.51. The van der Waals surface area contributed by atoms with Crippen molar-refractivity contribution in [1.29, 1.82) is 0 Å². The Labute approximate surface area is 130 Å². The minimum absolute atomic E-state index is 0.0274. The van der Waals surface area contributed by atoms with E-state index in [0.29, 0.717) is 18.1 Å². The van der Waals surface area contributed by atoms with E-state index < -0.39 is 0 Å². The van der Waals surface area contributed by atoms with Gasteiger partial charge < -0.3 is 4.90 Å². The van der Waals surface area contributed by atoms with E-state index in [9.17, 15) is 9.59 Å². The molecular formula is C16H22N4O2.